The molecule has 1 fully saturated rings. The van der Waals surface area contributed by atoms with E-state index in [4.69, 9.17) is 5.11 Å². The molecule has 88 valence electrons. The second-order valence-corrected chi connectivity index (χ2v) is 5.43. The van der Waals surface area contributed by atoms with Crippen LogP contribution in [0.4, 0.5) is 0 Å². The van der Waals surface area contributed by atoms with Crippen LogP contribution in [0.3, 0.4) is 0 Å². The van der Waals surface area contributed by atoms with Crippen LogP contribution in [0, 0.1) is 5.92 Å². The number of amides is 1. The maximum Gasteiger partial charge on any atom is 0.223 e. The lowest BCUT2D eigenvalue weighted by molar-refractivity contribution is -0.122. The lowest BCUT2D eigenvalue weighted by Crippen LogP contribution is -2.36. The number of aliphatic hydroxyl groups excluding tert-OH is 1. The number of aliphatic hydroxyl groups is 1. The van der Waals surface area contributed by atoms with Gasteiger partial charge in [0.15, 0.2) is 0 Å². The minimum atomic E-state index is -3.39. The topological polar surface area (TPSA) is 95.5 Å². The third-order valence-corrected chi connectivity index (χ3v) is 3.42. The zero-order valence-corrected chi connectivity index (χ0v) is 9.22. The Hall–Kier alpha value is -0.660. The van der Waals surface area contributed by atoms with Gasteiger partial charge in [0.2, 0.25) is 15.9 Å². The number of carbonyl (C=O) groups excluding carboxylic acids is 1. The molecular formula is C8H16N2O4S. The van der Waals surface area contributed by atoms with Crippen LogP contribution in [0.15, 0.2) is 0 Å². The van der Waals surface area contributed by atoms with Gasteiger partial charge in [-0.2, -0.15) is 0 Å². The van der Waals surface area contributed by atoms with Crippen molar-refractivity contribution < 1.29 is 18.3 Å². The molecule has 1 saturated carbocycles. The number of carbonyl (C=O) groups is 1. The van der Waals surface area contributed by atoms with Crippen molar-refractivity contribution in [2.75, 3.05) is 25.4 Å². The molecule has 1 aliphatic carbocycles. The fourth-order valence-corrected chi connectivity index (χ4v) is 1.87. The molecule has 1 rings (SSSR count). The van der Waals surface area contributed by atoms with E-state index in [1.54, 1.807) is 0 Å². The van der Waals surface area contributed by atoms with Crippen molar-refractivity contribution in [2.24, 2.45) is 5.92 Å². The quantitative estimate of drug-likeness (QED) is 0.465. The molecule has 0 aliphatic heterocycles. The number of sulfonamides is 1. The van der Waals surface area contributed by atoms with E-state index in [1.165, 1.54) is 0 Å². The van der Waals surface area contributed by atoms with Gasteiger partial charge in [0.05, 0.1) is 12.4 Å². The molecule has 0 radical (unpaired) electrons. The van der Waals surface area contributed by atoms with Crippen molar-refractivity contribution in [2.45, 2.75) is 12.8 Å². The SMILES string of the molecule is O=C(NCCNS(=O)(=O)CCO)C1CC1. The van der Waals surface area contributed by atoms with Crippen LogP contribution < -0.4 is 10.0 Å². The normalized spacial score (nSPS) is 16.3. The lowest BCUT2D eigenvalue weighted by atomic mass is 10.4. The van der Waals surface area contributed by atoms with E-state index >= 15 is 0 Å². The summed E-state index contributed by atoms with van der Waals surface area (Å²) in [6.45, 7) is 0.0601. The molecule has 15 heavy (non-hydrogen) atoms. The first kappa shape index (κ1) is 12.4. The molecule has 6 nitrogen and oxygen atoms in total. The predicted octanol–water partition coefficient (Wildman–Crippen LogP) is -1.58. The highest BCUT2D eigenvalue weighted by Gasteiger charge is 2.29. The molecule has 1 aliphatic rings. The Balaban J connectivity index is 2.07. The summed E-state index contributed by atoms with van der Waals surface area (Å²) >= 11 is 0. The molecule has 0 saturated heterocycles. The molecule has 3 N–H and O–H groups in total. The van der Waals surface area contributed by atoms with E-state index in [2.05, 4.69) is 10.0 Å². The van der Waals surface area contributed by atoms with E-state index in [0.717, 1.165) is 12.8 Å². The van der Waals surface area contributed by atoms with Gasteiger partial charge in [-0.3, -0.25) is 4.79 Å². The average molecular weight is 236 g/mol. The standard InChI is InChI=1S/C8H16N2O4S/c11-5-6-15(13,14)10-4-3-9-8(12)7-1-2-7/h7,10-11H,1-6H2,(H,9,12). The Morgan fingerprint density at radius 1 is 1.33 bits per heavy atom. The number of nitrogens with one attached hydrogen (secondary N) is 2. The third kappa shape index (κ3) is 5.10. The summed E-state index contributed by atoms with van der Waals surface area (Å²) in [5.74, 6) is -0.167. The second kappa shape index (κ2) is 5.43. The molecule has 0 aromatic rings. The average Bonchev–Trinajstić information content (AvgIpc) is 2.95. The monoisotopic (exact) mass is 236 g/mol. The molecule has 0 unspecified atom stereocenters. The summed E-state index contributed by atoms with van der Waals surface area (Å²) in [5, 5.41) is 11.1. The van der Waals surface area contributed by atoms with Gasteiger partial charge < -0.3 is 10.4 Å². The van der Waals surface area contributed by atoms with Crippen LogP contribution >= 0.6 is 0 Å². The Morgan fingerprint density at radius 2 is 2.00 bits per heavy atom. The van der Waals surface area contributed by atoms with Gasteiger partial charge in [-0.1, -0.05) is 0 Å². The minimum Gasteiger partial charge on any atom is -0.395 e. The van der Waals surface area contributed by atoms with E-state index < -0.39 is 16.6 Å². The summed E-state index contributed by atoms with van der Waals surface area (Å²) < 4.78 is 24.3. The number of rotatable bonds is 7. The molecule has 0 atom stereocenters. The van der Waals surface area contributed by atoms with Gasteiger partial charge in [-0.05, 0) is 12.8 Å². The molecule has 0 heterocycles. The lowest BCUT2D eigenvalue weighted by Gasteiger charge is -2.06. The van der Waals surface area contributed by atoms with Crippen molar-refractivity contribution in [1.82, 2.24) is 10.0 Å². The fraction of sp³-hybridized carbons (Fsp3) is 0.875. The van der Waals surface area contributed by atoms with Crippen LogP contribution in [-0.2, 0) is 14.8 Å². The maximum absolute atomic E-state index is 11.1. The van der Waals surface area contributed by atoms with E-state index in [9.17, 15) is 13.2 Å². The van der Waals surface area contributed by atoms with E-state index in [1.807, 2.05) is 0 Å². The number of hydrogen-bond donors (Lipinski definition) is 3. The van der Waals surface area contributed by atoms with Gasteiger partial charge in [0, 0.05) is 19.0 Å². The Bertz CT molecular complexity index is 311. The highest BCUT2D eigenvalue weighted by atomic mass is 32.2. The Labute approximate surface area is 89.1 Å². The zero-order chi connectivity index (χ0) is 11.3. The Kier molecular flexibility index (Phi) is 4.49. The maximum atomic E-state index is 11.1. The van der Waals surface area contributed by atoms with Gasteiger partial charge in [0.1, 0.15) is 0 Å². The molecule has 0 aromatic heterocycles. The summed E-state index contributed by atoms with van der Waals surface area (Å²) in [4.78, 5) is 11.1. The van der Waals surface area contributed by atoms with E-state index in [0.29, 0.717) is 6.54 Å². The van der Waals surface area contributed by atoms with Crippen LogP contribution in [0.2, 0.25) is 0 Å². The highest BCUT2D eigenvalue weighted by Crippen LogP contribution is 2.28. The van der Waals surface area contributed by atoms with E-state index in [-0.39, 0.29) is 24.1 Å². The molecule has 1 amide bonds. The van der Waals surface area contributed by atoms with Gasteiger partial charge in [-0.15, -0.1) is 0 Å². The fourth-order valence-electron chi connectivity index (χ4n) is 1.07. The molecular weight excluding hydrogens is 220 g/mol. The zero-order valence-electron chi connectivity index (χ0n) is 8.40. The van der Waals surface area contributed by atoms with Gasteiger partial charge in [-0.25, -0.2) is 13.1 Å². The van der Waals surface area contributed by atoms with Crippen molar-refractivity contribution in [3.05, 3.63) is 0 Å². The van der Waals surface area contributed by atoms with Gasteiger partial charge >= 0.3 is 0 Å². The first-order chi connectivity index (χ1) is 7.05. The summed E-state index contributed by atoms with van der Waals surface area (Å²) in [6.07, 6.45) is 1.87. The second-order valence-electron chi connectivity index (χ2n) is 3.50. The van der Waals surface area contributed by atoms with Crippen LogP contribution in [0.25, 0.3) is 0 Å². The predicted molar refractivity (Wildman–Crippen MR) is 54.6 cm³/mol. The summed E-state index contributed by atoms with van der Waals surface area (Å²) in [7, 11) is -3.39. The first-order valence-electron chi connectivity index (χ1n) is 4.91. The first-order valence-corrected chi connectivity index (χ1v) is 6.56. The summed E-state index contributed by atoms with van der Waals surface area (Å²) in [6, 6.07) is 0. The van der Waals surface area contributed by atoms with Crippen molar-refractivity contribution >= 4 is 15.9 Å². The smallest absolute Gasteiger partial charge is 0.223 e. The molecule has 7 heteroatoms. The van der Waals surface area contributed by atoms with Crippen LogP contribution in [0.1, 0.15) is 12.8 Å². The molecule has 0 spiro atoms. The van der Waals surface area contributed by atoms with Crippen molar-refractivity contribution in [3.63, 3.8) is 0 Å². The van der Waals surface area contributed by atoms with Crippen LogP contribution in [-0.4, -0.2) is 44.9 Å². The Morgan fingerprint density at radius 3 is 2.53 bits per heavy atom. The minimum absolute atomic E-state index is 0.00337. The largest absolute Gasteiger partial charge is 0.395 e. The van der Waals surface area contributed by atoms with Gasteiger partial charge in [0.25, 0.3) is 0 Å². The summed E-state index contributed by atoms with van der Waals surface area (Å²) in [5.41, 5.74) is 0. The molecule has 0 aromatic carbocycles. The van der Waals surface area contributed by atoms with Crippen LogP contribution in [0.5, 0.6) is 0 Å². The van der Waals surface area contributed by atoms with Crippen molar-refractivity contribution in [1.29, 1.82) is 0 Å². The number of hydrogen-bond acceptors (Lipinski definition) is 4. The van der Waals surface area contributed by atoms with Crippen molar-refractivity contribution in [3.8, 4) is 0 Å². The third-order valence-electron chi connectivity index (χ3n) is 2.05. The highest BCUT2D eigenvalue weighted by molar-refractivity contribution is 7.89. The molecule has 0 bridgehead atoms.